The smallest absolute Gasteiger partial charge is 0.310 e. The molecule has 0 aliphatic rings. The van der Waals surface area contributed by atoms with E-state index in [1.165, 1.54) is 4.90 Å². The van der Waals surface area contributed by atoms with Gasteiger partial charge in [-0.3, -0.25) is 9.59 Å². The van der Waals surface area contributed by atoms with E-state index in [-0.39, 0.29) is 18.9 Å². The van der Waals surface area contributed by atoms with Crippen LogP contribution in [0, 0.1) is 6.92 Å². The number of fused-ring (bicyclic) bond motifs is 1. The fourth-order valence-electron chi connectivity index (χ4n) is 2.51. The summed E-state index contributed by atoms with van der Waals surface area (Å²) in [6.45, 7) is 2.00. The van der Waals surface area contributed by atoms with E-state index in [2.05, 4.69) is 0 Å². The third-order valence-electron chi connectivity index (χ3n) is 3.90. The molecule has 0 bridgehead atoms. The Morgan fingerprint density at radius 1 is 1.20 bits per heavy atom. The van der Waals surface area contributed by atoms with Crippen LogP contribution >= 0.6 is 0 Å². The molecule has 1 aromatic carbocycles. The molecule has 25 heavy (non-hydrogen) atoms. The maximum absolute atomic E-state index is 12.0. The van der Waals surface area contributed by atoms with Crippen molar-refractivity contribution in [2.45, 2.75) is 19.9 Å². The predicted molar refractivity (Wildman–Crippen MR) is 90.8 cm³/mol. The van der Waals surface area contributed by atoms with Crippen LogP contribution in [0.15, 0.2) is 51.7 Å². The van der Waals surface area contributed by atoms with Crippen LogP contribution in [-0.4, -0.2) is 30.4 Å². The molecule has 0 atom stereocenters. The Morgan fingerprint density at radius 2 is 2.04 bits per heavy atom. The first kappa shape index (κ1) is 16.8. The molecule has 6 heteroatoms. The lowest BCUT2D eigenvalue weighted by Gasteiger charge is -2.15. The van der Waals surface area contributed by atoms with Gasteiger partial charge in [-0.1, -0.05) is 12.1 Å². The molecule has 3 rings (SSSR count). The van der Waals surface area contributed by atoms with Crippen LogP contribution < -0.4 is 0 Å². The summed E-state index contributed by atoms with van der Waals surface area (Å²) in [7, 11) is 1.63. The molecule has 6 nitrogen and oxygen atoms in total. The Morgan fingerprint density at radius 3 is 2.80 bits per heavy atom. The van der Waals surface area contributed by atoms with E-state index in [1.807, 2.05) is 25.1 Å². The van der Waals surface area contributed by atoms with E-state index < -0.39 is 5.97 Å². The molecule has 0 aliphatic heterocycles. The summed E-state index contributed by atoms with van der Waals surface area (Å²) in [5.41, 5.74) is 2.56. The average molecular weight is 341 g/mol. The van der Waals surface area contributed by atoms with Crippen molar-refractivity contribution >= 4 is 22.8 Å². The van der Waals surface area contributed by atoms with Crippen LogP contribution in [-0.2, 0) is 27.3 Å². The van der Waals surface area contributed by atoms with Gasteiger partial charge >= 0.3 is 5.97 Å². The fourth-order valence-corrected chi connectivity index (χ4v) is 2.51. The number of ether oxygens (including phenoxy) is 1. The Bertz CT molecular complexity index is 879. The second-order valence-electron chi connectivity index (χ2n) is 5.93. The van der Waals surface area contributed by atoms with Gasteiger partial charge in [0.2, 0.25) is 0 Å². The number of furan rings is 2. The zero-order chi connectivity index (χ0) is 17.8. The Kier molecular flexibility index (Phi) is 4.88. The van der Waals surface area contributed by atoms with Gasteiger partial charge < -0.3 is 18.5 Å². The van der Waals surface area contributed by atoms with Crippen LogP contribution in [0.5, 0.6) is 0 Å². The molecule has 0 saturated carbocycles. The highest BCUT2D eigenvalue weighted by Crippen LogP contribution is 2.22. The molecule has 0 spiro atoms. The average Bonchev–Trinajstić information content (AvgIpc) is 3.22. The second kappa shape index (κ2) is 7.25. The van der Waals surface area contributed by atoms with Crippen LogP contribution in [0.4, 0.5) is 0 Å². The number of esters is 1. The van der Waals surface area contributed by atoms with Crippen molar-refractivity contribution < 1.29 is 23.2 Å². The number of carbonyl (C=O) groups excluding carboxylic acids is 2. The van der Waals surface area contributed by atoms with Crippen LogP contribution in [0.25, 0.3) is 11.0 Å². The molecule has 130 valence electrons. The first-order chi connectivity index (χ1) is 12.0. The van der Waals surface area contributed by atoms with Crippen molar-refractivity contribution in [2.24, 2.45) is 0 Å². The van der Waals surface area contributed by atoms with Crippen molar-refractivity contribution in [1.29, 1.82) is 0 Å². The quantitative estimate of drug-likeness (QED) is 0.644. The molecule has 2 aromatic heterocycles. The van der Waals surface area contributed by atoms with Gasteiger partial charge in [0.15, 0.2) is 6.61 Å². The number of rotatable bonds is 6. The van der Waals surface area contributed by atoms with Gasteiger partial charge in [0, 0.05) is 18.0 Å². The topological polar surface area (TPSA) is 72.9 Å². The van der Waals surface area contributed by atoms with E-state index >= 15 is 0 Å². The van der Waals surface area contributed by atoms with Gasteiger partial charge in [-0.25, -0.2) is 0 Å². The minimum absolute atomic E-state index is 0.0608. The summed E-state index contributed by atoms with van der Waals surface area (Å²) in [6.07, 6.45) is 3.16. The summed E-state index contributed by atoms with van der Waals surface area (Å²) < 4.78 is 15.7. The van der Waals surface area contributed by atoms with Gasteiger partial charge in [0.05, 0.1) is 25.5 Å². The summed E-state index contributed by atoms with van der Waals surface area (Å²) in [4.78, 5) is 25.5. The molecule has 0 N–H and O–H groups in total. The Labute approximate surface area is 145 Å². The third-order valence-corrected chi connectivity index (χ3v) is 3.90. The summed E-state index contributed by atoms with van der Waals surface area (Å²) in [5.74, 6) is -0.0946. The monoisotopic (exact) mass is 341 g/mol. The number of amides is 1. The summed E-state index contributed by atoms with van der Waals surface area (Å²) in [5, 5.41) is 0.879. The summed E-state index contributed by atoms with van der Waals surface area (Å²) in [6, 6.07) is 9.32. The molecule has 0 fully saturated rings. The van der Waals surface area contributed by atoms with Gasteiger partial charge in [0.1, 0.15) is 11.3 Å². The molecular formula is C19H19NO5. The lowest BCUT2D eigenvalue weighted by atomic mass is 10.1. The molecule has 3 aromatic rings. The molecule has 0 saturated heterocycles. The van der Waals surface area contributed by atoms with Crippen molar-refractivity contribution in [2.75, 3.05) is 13.7 Å². The predicted octanol–water partition coefficient (Wildman–Crippen LogP) is 3.08. The molecule has 2 heterocycles. The number of carbonyl (C=O) groups is 2. The maximum Gasteiger partial charge on any atom is 0.310 e. The first-order valence-electron chi connectivity index (χ1n) is 7.91. The highest BCUT2D eigenvalue weighted by atomic mass is 16.5. The lowest BCUT2D eigenvalue weighted by molar-refractivity contribution is -0.151. The first-order valence-corrected chi connectivity index (χ1v) is 7.91. The standard InChI is InChI=1S/C19H19NO5/c1-13-5-6-16-14(11-24-17(16)8-13)9-19(22)25-12-18(21)20(2)10-15-4-3-7-23-15/h3-8,11H,9-10,12H2,1-2H3. The third kappa shape index (κ3) is 4.09. The highest BCUT2D eigenvalue weighted by molar-refractivity contribution is 5.87. The normalized spacial score (nSPS) is 10.8. The van der Waals surface area contributed by atoms with Crippen molar-refractivity contribution in [1.82, 2.24) is 4.90 Å². The van der Waals surface area contributed by atoms with E-state index in [9.17, 15) is 9.59 Å². The zero-order valence-electron chi connectivity index (χ0n) is 14.2. The molecule has 0 aliphatic carbocycles. The number of nitrogens with zero attached hydrogens (tertiary/aromatic N) is 1. The maximum atomic E-state index is 12.0. The van der Waals surface area contributed by atoms with Crippen LogP contribution in [0.2, 0.25) is 0 Å². The van der Waals surface area contributed by atoms with Crippen LogP contribution in [0.3, 0.4) is 0 Å². The molecular weight excluding hydrogens is 322 g/mol. The van der Waals surface area contributed by atoms with Gasteiger partial charge in [-0.15, -0.1) is 0 Å². The van der Waals surface area contributed by atoms with E-state index in [0.29, 0.717) is 12.3 Å². The minimum Gasteiger partial charge on any atom is -0.467 e. The molecule has 0 radical (unpaired) electrons. The Balaban J connectivity index is 1.52. The van der Waals surface area contributed by atoms with Crippen LogP contribution in [0.1, 0.15) is 16.9 Å². The second-order valence-corrected chi connectivity index (χ2v) is 5.93. The van der Waals surface area contributed by atoms with E-state index in [4.69, 9.17) is 13.6 Å². The lowest BCUT2D eigenvalue weighted by Crippen LogP contribution is -2.30. The number of hydrogen-bond acceptors (Lipinski definition) is 5. The zero-order valence-corrected chi connectivity index (χ0v) is 14.2. The van der Waals surface area contributed by atoms with Crippen molar-refractivity contribution in [3.63, 3.8) is 0 Å². The van der Waals surface area contributed by atoms with Gasteiger partial charge in [-0.05, 0) is 30.7 Å². The number of hydrogen-bond donors (Lipinski definition) is 0. The molecule has 0 unspecified atom stereocenters. The fraction of sp³-hybridized carbons (Fsp3) is 0.263. The number of aryl methyl sites for hydroxylation is 1. The van der Waals surface area contributed by atoms with Gasteiger partial charge in [0.25, 0.3) is 5.91 Å². The molecule has 1 amide bonds. The number of likely N-dealkylation sites (N-methyl/N-ethyl adjacent to an activating group) is 1. The van der Waals surface area contributed by atoms with E-state index in [0.717, 1.165) is 22.1 Å². The van der Waals surface area contributed by atoms with Gasteiger partial charge in [-0.2, -0.15) is 0 Å². The highest BCUT2D eigenvalue weighted by Gasteiger charge is 2.15. The largest absolute Gasteiger partial charge is 0.467 e. The minimum atomic E-state index is -0.469. The van der Waals surface area contributed by atoms with E-state index in [1.54, 1.807) is 31.7 Å². The number of benzene rings is 1. The van der Waals surface area contributed by atoms with Crippen molar-refractivity contribution in [3.05, 3.63) is 59.7 Å². The Hall–Kier alpha value is -3.02. The summed E-state index contributed by atoms with van der Waals surface area (Å²) >= 11 is 0. The SMILES string of the molecule is Cc1ccc2c(CC(=O)OCC(=O)N(C)Cc3ccco3)coc2c1. The van der Waals surface area contributed by atoms with Crippen molar-refractivity contribution in [3.8, 4) is 0 Å².